The number of benzene rings is 4. The maximum atomic E-state index is 13.0. The van der Waals surface area contributed by atoms with Gasteiger partial charge in [0, 0.05) is 24.0 Å². The Hall–Kier alpha value is -6.30. The van der Waals surface area contributed by atoms with Gasteiger partial charge < -0.3 is 48.8 Å². The third kappa shape index (κ3) is 10.8. The molecule has 0 amide bonds. The van der Waals surface area contributed by atoms with Crippen LogP contribution in [0.3, 0.4) is 0 Å². The molecule has 0 spiro atoms. The number of rotatable bonds is 17. The maximum absolute atomic E-state index is 13.0. The zero-order valence-electron chi connectivity index (χ0n) is 29.3. The Labute approximate surface area is 301 Å². The van der Waals surface area contributed by atoms with Crippen LogP contribution in [0.2, 0.25) is 0 Å². The van der Waals surface area contributed by atoms with E-state index in [1.54, 1.807) is 48.5 Å². The highest BCUT2D eigenvalue weighted by atomic mass is 16.5. The van der Waals surface area contributed by atoms with Crippen LogP contribution in [0.4, 0.5) is 0 Å². The fourth-order valence-corrected chi connectivity index (χ4v) is 5.43. The molecule has 4 N–H and O–H groups in total. The van der Waals surface area contributed by atoms with Crippen LogP contribution in [0.1, 0.15) is 22.3 Å². The maximum Gasteiger partial charge on any atom is 0.330 e. The minimum absolute atomic E-state index is 0.0370. The zero-order valence-corrected chi connectivity index (χ0v) is 29.3. The van der Waals surface area contributed by atoms with Crippen molar-refractivity contribution < 1.29 is 58.4 Å². The van der Waals surface area contributed by atoms with E-state index < -0.39 is 23.8 Å². The minimum atomic E-state index is -0.630. The Bertz CT molecular complexity index is 1760. The van der Waals surface area contributed by atoms with E-state index in [2.05, 4.69) is 0 Å². The highest BCUT2D eigenvalue weighted by molar-refractivity contribution is 5.87. The van der Waals surface area contributed by atoms with Gasteiger partial charge in [-0.1, -0.05) is 24.3 Å². The molecule has 0 fully saturated rings. The van der Waals surface area contributed by atoms with Crippen LogP contribution in [0.15, 0.2) is 84.9 Å². The normalized spacial score (nSPS) is 12.3. The van der Waals surface area contributed by atoms with E-state index in [9.17, 15) is 30.0 Å². The zero-order chi connectivity index (χ0) is 37.6. The van der Waals surface area contributed by atoms with Crippen LogP contribution >= 0.6 is 0 Å². The monoisotopic (exact) mass is 714 g/mol. The van der Waals surface area contributed by atoms with Crippen molar-refractivity contribution in [3.05, 3.63) is 107 Å². The van der Waals surface area contributed by atoms with E-state index in [-0.39, 0.29) is 59.2 Å². The van der Waals surface area contributed by atoms with Gasteiger partial charge in [-0.15, -0.1) is 0 Å². The van der Waals surface area contributed by atoms with Crippen molar-refractivity contribution in [2.45, 2.75) is 12.8 Å². The van der Waals surface area contributed by atoms with Gasteiger partial charge in [0.2, 0.25) is 0 Å². The van der Waals surface area contributed by atoms with Crippen molar-refractivity contribution in [3.8, 4) is 46.0 Å². The number of phenols is 4. The van der Waals surface area contributed by atoms with Crippen LogP contribution in [-0.2, 0) is 31.9 Å². The predicted octanol–water partition coefficient (Wildman–Crippen LogP) is 6.07. The van der Waals surface area contributed by atoms with E-state index in [4.69, 9.17) is 28.4 Å². The van der Waals surface area contributed by atoms with Gasteiger partial charge in [0.05, 0.1) is 41.7 Å². The molecule has 0 bridgehead atoms. The number of hydrogen-bond donors (Lipinski definition) is 4. The molecule has 0 heterocycles. The first-order valence-electron chi connectivity index (χ1n) is 16.2. The molecule has 0 aliphatic rings. The van der Waals surface area contributed by atoms with Gasteiger partial charge in [0.25, 0.3) is 0 Å². The van der Waals surface area contributed by atoms with E-state index in [1.807, 2.05) is 0 Å². The lowest BCUT2D eigenvalue weighted by Crippen LogP contribution is -2.30. The summed E-state index contributed by atoms with van der Waals surface area (Å²) in [7, 11) is 5.73. The molecule has 0 aromatic heterocycles. The first-order valence-corrected chi connectivity index (χ1v) is 16.2. The molecule has 0 saturated heterocycles. The molecule has 12 heteroatoms. The largest absolute Gasteiger partial charge is 0.504 e. The second kappa shape index (κ2) is 18.6. The molecule has 0 saturated carbocycles. The quantitative estimate of drug-likeness (QED) is 0.0736. The third-order valence-corrected chi connectivity index (χ3v) is 8.26. The van der Waals surface area contributed by atoms with Gasteiger partial charge in [0.15, 0.2) is 46.0 Å². The fraction of sp³-hybridized carbons (Fsp3) is 0.250. The van der Waals surface area contributed by atoms with Crippen molar-refractivity contribution in [2.24, 2.45) is 11.8 Å². The molecule has 0 unspecified atom stereocenters. The average Bonchev–Trinajstić information content (AvgIpc) is 3.15. The molecule has 12 nitrogen and oxygen atoms in total. The number of aromatic hydroxyl groups is 4. The standard InChI is InChI=1S/C40H42O12/c1-47-35-19-25(5-11-31(35)41)9-15-39(45)51-23-29(17-27-7-13-33(43)37(21-27)49-3)30(18-28-8-14-34(44)38(22-28)50-4)24-52-40(46)16-10-26-6-12-32(42)36(20-26)48-2/h5-16,19-22,29-30,41-44H,17-18,23-24H2,1-4H3/b15-9-,16-10-/t29-,30-/m0/s1. The SMILES string of the molecule is COc1cc(/C=C\C(=O)OC[C@H](Cc2ccc(O)c(OC)c2)[C@H](COC(=O)/C=C\c2ccc(O)c(OC)c2)Cc2ccc(O)c(OC)c2)ccc1O. The molecular weight excluding hydrogens is 672 g/mol. The van der Waals surface area contributed by atoms with Crippen LogP contribution in [-0.4, -0.2) is 74.0 Å². The van der Waals surface area contributed by atoms with Crippen molar-refractivity contribution in [1.82, 2.24) is 0 Å². The van der Waals surface area contributed by atoms with Gasteiger partial charge in [-0.25, -0.2) is 9.59 Å². The Kier molecular flexibility index (Phi) is 13.8. The van der Waals surface area contributed by atoms with Crippen LogP contribution in [0, 0.1) is 11.8 Å². The summed E-state index contributed by atoms with van der Waals surface area (Å²) in [4.78, 5) is 26.0. The first kappa shape index (κ1) is 38.5. The second-order valence-corrected chi connectivity index (χ2v) is 11.7. The fourth-order valence-electron chi connectivity index (χ4n) is 5.43. The summed E-state index contributed by atoms with van der Waals surface area (Å²) in [5, 5.41) is 40.2. The van der Waals surface area contributed by atoms with Gasteiger partial charge in [-0.05, 0) is 95.8 Å². The molecule has 274 valence electrons. The average molecular weight is 715 g/mol. The lowest BCUT2D eigenvalue weighted by atomic mass is 9.83. The van der Waals surface area contributed by atoms with Crippen molar-refractivity contribution in [1.29, 1.82) is 0 Å². The summed E-state index contributed by atoms with van der Waals surface area (Å²) in [5.41, 5.74) is 2.74. The van der Waals surface area contributed by atoms with E-state index >= 15 is 0 Å². The summed E-state index contributed by atoms with van der Waals surface area (Å²) < 4.78 is 32.4. The smallest absolute Gasteiger partial charge is 0.330 e. The molecule has 4 rings (SSSR count). The summed E-state index contributed by atoms with van der Waals surface area (Å²) in [5.74, 6) is -1.24. The lowest BCUT2D eigenvalue weighted by molar-refractivity contribution is -0.143. The Morgan fingerprint density at radius 3 is 1.19 bits per heavy atom. The van der Waals surface area contributed by atoms with Crippen molar-refractivity contribution in [3.63, 3.8) is 0 Å². The van der Waals surface area contributed by atoms with Gasteiger partial charge in [-0.3, -0.25) is 0 Å². The van der Waals surface area contributed by atoms with Crippen LogP contribution < -0.4 is 18.9 Å². The molecule has 2 atom stereocenters. The number of carbonyl (C=O) groups excluding carboxylic acids is 2. The number of methoxy groups -OCH3 is 4. The first-order chi connectivity index (χ1) is 25.0. The summed E-state index contributed by atoms with van der Waals surface area (Å²) in [6, 6.07) is 19.1. The third-order valence-electron chi connectivity index (χ3n) is 8.26. The summed E-state index contributed by atoms with van der Waals surface area (Å²) >= 11 is 0. The highest BCUT2D eigenvalue weighted by Gasteiger charge is 2.26. The number of esters is 2. The highest BCUT2D eigenvalue weighted by Crippen LogP contribution is 2.33. The second-order valence-electron chi connectivity index (χ2n) is 11.7. The van der Waals surface area contributed by atoms with Gasteiger partial charge in [0.1, 0.15) is 0 Å². The lowest BCUT2D eigenvalue weighted by Gasteiger charge is -2.27. The molecule has 52 heavy (non-hydrogen) atoms. The van der Waals surface area contributed by atoms with Gasteiger partial charge >= 0.3 is 11.9 Å². The number of hydrogen-bond acceptors (Lipinski definition) is 12. The molecule has 0 aliphatic heterocycles. The number of carbonyl (C=O) groups is 2. The summed E-state index contributed by atoms with van der Waals surface area (Å²) in [6.07, 6.45) is 6.25. The molecule has 4 aromatic rings. The Morgan fingerprint density at radius 1 is 0.519 bits per heavy atom. The minimum Gasteiger partial charge on any atom is -0.504 e. The van der Waals surface area contributed by atoms with E-state index in [1.165, 1.54) is 77.0 Å². The Balaban J connectivity index is 1.61. The number of ether oxygens (including phenoxy) is 6. The van der Waals surface area contributed by atoms with Gasteiger partial charge in [-0.2, -0.15) is 0 Å². The molecule has 0 aliphatic carbocycles. The van der Waals surface area contributed by atoms with E-state index in [0.29, 0.717) is 24.0 Å². The predicted molar refractivity (Wildman–Crippen MR) is 193 cm³/mol. The van der Waals surface area contributed by atoms with Crippen LogP contribution in [0.25, 0.3) is 12.2 Å². The summed E-state index contributed by atoms with van der Waals surface area (Å²) in [6.45, 7) is -0.155. The topological polar surface area (TPSA) is 170 Å². The Morgan fingerprint density at radius 2 is 0.846 bits per heavy atom. The molecule has 0 radical (unpaired) electrons. The van der Waals surface area contributed by atoms with Crippen molar-refractivity contribution in [2.75, 3.05) is 41.7 Å². The number of phenolic OH excluding ortho intramolecular Hbond substituents is 4. The molecule has 4 aromatic carbocycles. The van der Waals surface area contributed by atoms with Crippen LogP contribution in [0.5, 0.6) is 46.0 Å². The van der Waals surface area contributed by atoms with Crippen molar-refractivity contribution >= 4 is 24.1 Å². The van der Waals surface area contributed by atoms with E-state index in [0.717, 1.165) is 11.1 Å². The molecular formula is C40H42O12.